The minimum atomic E-state index is -0.687. The Bertz CT molecular complexity index is 1260. The second-order valence-electron chi connectivity index (χ2n) is 7.98. The molecule has 5 heteroatoms. The third-order valence-electron chi connectivity index (χ3n) is 5.92. The first kappa shape index (κ1) is 23.5. The maximum atomic E-state index is 6.85. The normalized spacial score (nSPS) is 13.8. The van der Waals surface area contributed by atoms with Crippen molar-refractivity contribution >= 4 is 62.0 Å². The van der Waals surface area contributed by atoms with E-state index >= 15 is 0 Å². The summed E-state index contributed by atoms with van der Waals surface area (Å²) in [7, 11) is 0. The lowest BCUT2D eigenvalue weighted by molar-refractivity contribution is 0.161. The first-order chi connectivity index (χ1) is 16.7. The average molecular weight is 674 g/mol. The van der Waals surface area contributed by atoms with E-state index < -0.39 is 5.60 Å². The van der Waals surface area contributed by atoms with E-state index in [1.165, 1.54) is 0 Å². The summed E-state index contributed by atoms with van der Waals surface area (Å²) < 4.78 is 20.7. The number of alkyl halides is 2. The third kappa shape index (κ3) is 4.52. The van der Waals surface area contributed by atoms with Crippen molar-refractivity contribution in [2.75, 3.05) is 22.1 Å². The third-order valence-corrected chi connectivity index (χ3v) is 6.80. The van der Waals surface area contributed by atoms with Gasteiger partial charge < -0.3 is 14.2 Å². The smallest absolute Gasteiger partial charge is 0.178 e. The molecule has 172 valence electrons. The molecule has 0 N–H and O–H groups in total. The van der Waals surface area contributed by atoms with Crippen LogP contribution in [-0.2, 0) is 5.60 Å². The van der Waals surface area contributed by atoms with Crippen molar-refractivity contribution in [1.82, 2.24) is 0 Å². The minimum absolute atomic E-state index is 0.638. The Kier molecular flexibility index (Phi) is 7.29. The van der Waals surface area contributed by atoms with Gasteiger partial charge in [-0.2, -0.15) is 0 Å². The number of fused-ring (bicyclic) bond motifs is 3. The maximum Gasteiger partial charge on any atom is 0.178 e. The Morgan fingerprint density at radius 1 is 0.706 bits per heavy atom. The molecular formula is C29H24I2O3. The number of benzene rings is 4. The molecule has 0 radical (unpaired) electrons. The fourth-order valence-corrected chi connectivity index (χ4v) is 4.82. The van der Waals surface area contributed by atoms with Crippen LogP contribution in [0.3, 0.4) is 0 Å². The molecule has 0 aliphatic carbocycles. The van der Waals surface area contributed by atoms with E-state index in [0.717, 1.165) is 53.6 Å². The SMILES string of the molecule is ICCOc1cc2ccc3c(c2cc1OCCI)C=CC(c1ccccc1)(c1ccccc1)O3. The van der Waals surface area contributed by atoms with Crippen molar-refractivity contribution in [3.8, 4) is 17.2 Å². The first-order valence-corrected chi connectivity index (χ1v) is 14.3. The van der Waals surface area contributed by atoms with E-state index in [9.17, 15) is 0 Å². The average Bonchev–Trinajstić information content (AvgIpc) is 2.91. The summed E-state index contributed by atoms with van der Waals surface area (Å²) in [5, 5.41) is 2.19. The Balaban J connectivity index is 1.64. The number of rotatable bonds is 8. The van der Waals surface area contributed by atoms with Crippen LogP contribution in [0.15, 0.2) is 91.0 Å². The maximum absolute atomic E-state index is 6.85. The van der Waals surface area contributed by atoms with Gasteiger partial charge >= 0.3 is 0 Å². The molecule has 1 aliphatic rings. The lowest BCUT2D eigenvalue weighted by Gasteiger charge is -2.36. The monoisotopic (exact) mass is 674 g/mol. The zero-order valence-electron chi connectivity index (χ0n) is 18.5. The molecule has 0 unspecified atom stereocenters. The Morgan fingerprint density at radius 2 is 1.29 bits per heavy atom. The molecule has 4 aromatic rings. The number of hydrogen-bond donors (Lipinski definition) is 0. The van der Waals surface area contributed by atoms with Gasteiger partial charge in [-0.3, -0.25) is 0 Å². The van der Waals surface area contributed by atoms with Crippen molar-refractivity contribution in [2.45, 2.75) is 5.60 Å². The van der Waals surface area contributed by atoms with Crippen LogP contribution in [0, 0.1) is 0 Å². The molecule has 0 atom stereocenters. The molecule has 0 saturated heterocycles. The summed E-state index contributed by atoms with van der Waals surface area (Å²) in [6.07, 6.45) is 4.36. The predicted octanol–water partition coefficient (Wildman–Crippen LogP) is 7.82. The van der Waals surface area contributed by atoms with Gasteiger partial charge in [-0.25, -0.2) is 0 Å². The van der Waals surface area contributed by atoms with Crippen LogP contribution in [0.4, 0.5) is 0 Å². The van der Waals surface area contributed by atoms with Gasteiger partial charge in [0.2, 0.25) is 0 Å². The summed E-state index contributed by atoms with van der Waals surface area (Å²) in [5.41, 5.74) is 2.56. The van der Waals surface area contributed by atoms with Gasteiger partial charge in [0.15, 0.2) is 17.1 Å². The summed E-state index contributed by atoms with van der Waals surface area (Å²) in [5.74, 6) is 2.42. The van der Waals surface area contributed by atoms with Gasteiger partial charge in [-0.15, -0.1) is 0 Å². The summed E-state index contributed by atoms with van der Waals surface area (Å²) >= 11 is 4.64. The molecule has 1 heterocycles. The predicted molar refractivity (Wildman–Crippen MR) is 156 cm³/mol. The van der Waals surface area contributed by atoms with Crippen LogP contribution in [-0.4, -0.2) is 22.1 Å². The van der Waals surface area contributed by atoms with E-state index in [1.807, 2.05) is 12.1 Å². The molecule has 0 aromatic heterocycles. The van der Waals surface area contributed by atoms with Crippen molar-refractivity contribution in [3.63, 3.8) is 0 Å². The van der Waals surface area contributed by atoms with Gasteiger partial charge in [-0.1, -0.05) is 112 Å². The first-order valence-electron chi connectivity index (χ1n) is 11.2. The van der Waals surface area contributed by atoms with E-state index in [4.69, 9.17) is 14.2 Å². The molecule has 5 rings (SSSR count). The molecule has 34 heavy (non-hydrogen) atoms. The Labute approximate surface area is 227 Å². The standard InChI is InChI=1S/C29H24I2O3/c30-15-17-32-27-19-21-11-12-26-24(25(21)20-28(27)33-18-16-31)13-14-29(34-26,22-7-3-1-4-8-22)23-9-5-2-6-10-23/h1-14,19-20H,15-18H2. The van der Waals surface area contributed by atoms with Crippen molar-refractivity contribution in [3.05, 3.63) is 108 Å². The quantitative estimate of drug-likeness (QED) is 0.141. The van der Waals surface area contributed by atoms with E-state index in [1.54, 1.807) is 0 Å². The van der Waals surface area contributed by atoms with E-state index in [-0.39, 0.29) is 0 Å². The van der Waals surface area contributed by atoms with Gasteiger partial charge in [0, 0.05) is 25.5 Å². The Hall–Kier alpha value is -2.26. The number of ether oxygens (including phenoxy) is 3. The van der Waals surface area contributed by atoms with Crippen LogP contribution in [0.5, 0.6) is 17.2 Å². The van der Waals surface area contributed by atoms with E-state index in [2.05, 4.69) is 130 Å². The number of halogens is 2. The van der Waals surface area contributed by atoms with Gasteiger partial charge in [0.25, 0.3) is 0 Å². The van der Waals surface area contributed by atoms with Crippen molar-refractivity contribution in [1.29, 1.82) is 0 Å². The van der Waals surface area contributed by atoms with Crippen LogP contribution in [0.25, 0.3) is 16.8 Å². The molecule has 0 spiro atoms. The largest absolute Gasteiger partial charge is 0.489 e. The van der Waals surface area contributed by atoms with Crippen LogP contribution < -0.4 is 14.2 Å². The topological polar surface area (TPSA) is 27.7 Å². The zero-order valence-corrected chi connectivity index (χ0v) is 22.9. The highest BCUT2D eigenvalue weighted by molar-refractivity contribution is 14.1. The highest BCUT2D eigenvalue weighted by atomic mass is 127. The molecule has 0 saturated carbocycles. The van der Waals surface area contributed by atoms with Crippen LogP contribution in [0.2, 0.25) is 0 Å². The highest BCUT2D eigenvalue weighted by Gasteiger charge is 2.37. The zero-order chi connectivity index (χ0) is 23.4. The molecule has 0 fully saturated rings. The summed E-state index contributed by atoms with van der Waals surface area (Å²) in [6.45, 7) is 1.29. The second kappa shape index (κ2) is 10.6. The molecular weight excluding hydrogens is 650 g/mol. The van der Waals surface area contributed by atoms with Gasteiger partial charge in [-0.05, 0) is 41.1 Å². The van der Waals surface area contributed by atoms with Crippen LogP contribution >= 0.6 is 45.2 Å². The molecule has 1 aliphatic heterocycles. The minimum Gasteiger partial charge on any atom is -0.489 e. The lowest BCUT2D eigenvalue weighted by Crippen LogP contribution is -2.34. The fraction of sp³-hybridized carbons (Fsp3) is 0.172. The van der Waals surface area contributed by atoms with Crippen LogP contribution in [0.1, 0.15) is 16.7 Å². The molecule has 3 nitrogen and oxygen atoms in total. The summed E-state index contributed by atoms with van der Waals surface area (Å²) in [4.78, 5) is 0. The fourth-order valence-electron chi connectivity index (χ4n) is 4.37. The van der Waals surface area contributed by atoms with Gasteiger partial charge in [0.1, 0.15) is 5.75 Å². The van der Waals surface area contributed by atoms with Gasteiger partial charge in [0.05, 0.1) is 13.2 Å². The Morgan fingerprint density at radius 3 is 1.88 bits per heavy atom. The highest BCUT2D eigenvalue weighted by Crippen LogP contribution is 2.45. The number of hydrogen-bond acceptors (Lipinski definition) is 3. The molecule has 0 bridgehead atoms. The summed E-state index contributed by atoms with van der Waals surface area (Å²) in [6, 6.07) is 29.1. The lowest BCUT2D eigenvalue weighted by atomic mass is 9.83. The van der Waals surface area contributed by atoms with Crippen molar-refractivity contribution in [2.24, 2.45) is 0 Å². The molecule has 0 amide bonds. The molecule has 4 aromatic carbocycles. The van der Waals surface area contributed by atoms with E-state index in [0.29, 0.717) is 13.2 Å². The van der Waals surface area contributed by atoms with Crippen molar-refractivity contribution < 1.29 is 14.2 Å². The second-order valence-corrected chi connectivity index (χ2v) is 10.1.